The van der Waals surface area contributed by atoms with Crippen LogP contribution in [0.3, 0.4) is 0 Å². The number of aromatic hydroxyl groups is 1. The molecule has 2 rings (SSSR count). The van der Waals surface area contributed by atoms with Gasteiger partial charge in [-0.1, -0.05) is 28.1 Å². The molecule has 0 aromatic heterocycles. The Morgan fingerprint density at radius 1 is 1.18 bits per heavy atom. The summed E-state index contributed by atoms with van der Waals surface area (Å²) in [6, 6.07) is 10.2. The number of allylic oxidation sites excluding steroid dienone is 1. The average Bonchev–Trinajstić information content (AvgIpc) is 2.54. The van der Waals surface area contributed by atoms with Gasteiger partial charge in [0.25, 0.3) is 0 Å². The molecule has 114 valence electrons. The lowest BCUT2D eigenvalue weighted by molar-refractivity contribution is 0.104. The van der Waals surface area contributed by atoms with Gasteiger partial charge in [-0.25, -0.2) is 0 Å². The first-order valence-corrected chi connectivity index (χ1v) is 7.27. The van der Waals surface area contributed by atoms with Crippen molar-refractivity contribution in [3.63, 3.8) is 0 Å². The van der Waals surface area contributed by atoms with E-state index in [1.54, 1.807) is 49.6 Å². The van der Waals surface area contributed by atoms with Crippen molar-refractivity contribution < 1.29 is 19.4 Å². The van der Waals surface area contributed by atoms with E-state index < -0.39 is 0 Å². The van der Waals surface area contributed by atoms with Gasteiger partial charge in [-0.2, -0.15) is 0 Å². The van der Waals surface area contributed by atoms with Gasteiger partial charge in [0.2, 0.25) is 0 Å². The van der Waals surface area contributed by atoms with Crippen molar-refractivity contribution in [2.45, 2.75) is 0 Å². The van der Waals surface area contributed by atoms with Crippen LogP contribution in [-0.4, -0.2) is 25.1 Å². The molecule has 0 radical (unpaired) electrons. The lowest BCUT2D eigenvalue weighted by Crippen LogP contribution is -1.95. The van der Waals surface area contributed by atoms with E-state index in [4.69, 9.17) is 9.47 Å². The summed E-state index contributed by atoms with van der Waals surface area (Å²) in [4.78, 5) is 12.2. The van der Waals surface area contributed by atoms with Gasteiger partial charge >= 0.3 is 0 Å². The molecule has 0 spiro atoms. The average molecular weight is 363 g/mol. The second-order valence-electron chi connectivity index (χ2n) is 4.48. The molecule has 0 bridgehead atoms. The van der Waals surface area contributed by atoms with E-state index in [1.165, 1.54) is 13.2 Å². The molecule has 0 fully saturated rings. The van der Waals surface area contributed by atoms with Crippen molar-refractivity contribution in [2.75, 3.05) is 14.2 Å². The fraction of sp³-hybridized carbons (Fsp3) is 0.118. The zero-order valence-corrected chi connectivity index (χ0v) is 13.8. The van der Waals surface area contributed by atoms with Crippen LogP contribution in [0.2, 0.25) is 0 Å². The van der Waals surface area contributed by atoms with E-state index in [-0.39, 0.29) is 11.5 Å². The Labute approximate surface area is 137 Å². The first kappa shape index (κ1) is 16.1. The summed E-state index contributed by atoms with van der Waals surface area (Å²) in [5.74, 6) is 0.756. The SMILES string of the molecule is COc1cccc(C(=O)/C=C/c2cc(Br)cc(OC)c2O)c1. The minimum absolute atomic E-state index is 0.0135. The first-order valence-electron chi connectivity index (χ1n) is 6.48. The summed E-state index contributed by atoms with van der Waals surface area (Å²) in [6.45, 7) is 0. The third-order valence-electron chi connectivity index (χ3n) is 3.06. The van der Waals surface area contributed by atoms with Gasteiger partial charge in [0.15, 0.2) is 17.3 Å². The minimum atomic E-state index is -0.183. The van der Waals surface area contributed by atoms with Crippen LogP contribution in [0.5, 0.6) is 17.2 Å². The fourth-order valence-corrected chi connectivity index (χ4v) is 2.37. The van der Waals surface area contributed by atoms with Crippen LogP contribution >= 0.6 is 15.9 Å². The Hall–Kier alpha value is -2.27. The topological polar surface area (TPSA) is 55.8 Å². The van der Waals surface area contributed by atoms with Gasteiger partial charge in [0.1, 0.15) is 5.75 Å². The highest BCUT2D eigenvalue weighted by Gasteiger charge is 2.09. The van der Waals surface area contributed by atoms with Gasteiger partial charge in [-0.05, 0) is 36.4 Å². The van der Waals surface area contributed by atoms with Crippen molar-refractivity contribution in [3.05, 3.63) is 58.1 Å². The molecular weight excluding hydrogens is 348 g/mol. The van der Waals surface area contributed by atoms with Crippen molar-refractivity contribution in [2.24, 2.45) is 0 Å². The molecule has 0 saturated carbocycles. The summed E-state index contributed by atoms with van der Waals surface area (Å²) >= 11 is 3.33. The number of ether oxygens (including phenoxy) is 2. The quantitative estimate of drug-likeness (QED) is 0.643. The van der Waals surface area contributed by atoms with E-state index in [9.17, 15) is 9.90 Å². The Balaban J connectivity index is 2.28. The van der Waals surface area contributed by atoms with Crippen LogP contribution in [0.25, 0.3) is 6.08 Å². The van der Waals surface area contributed by atoms with Crippen LogP contribution in [0.15, 0.2) is 46.9 Å². The summed E-state index contributed by atoms with van der Waals surface area (Å²) < 4.78 is 10.9. The molecule has 0 aliphatic rings. The number of ketones is 1. The molecule has 1 N–H and O–H groups in total. The monoisotopic (exact) mass is 362 g/mol. The molecule has 0 unspecified atom stereocenters. The molecule has 2 aromatic rings. The maximum Gasteiger partial charge on any atom is 0.185 e. The van der Waals surface area contributed by atoms with Crippen LogP contribution < -0.4 is 9.47 Å². The Morgan fingerprint density at radius 3 is 2.64 bits per heavy atom. The van der Waals surface area contributed by atoms with Crippen molar-refractivity contribution >= 4 is 27.8 Å². The van der Waals surface area contributed by atoms with Gasteiger partial charge in [-0.15, -0.1) is 0 Å². The number of hydrogen-bond acceptors (Lipinski definition) is 4. The highest BCUT2D eigenvalue weighted by molar-refractivity contribution is 9.10. The van der Waals surface area contributed by atoms with Gasteiger partial charge in [0.05, 0.1) is 14.2 Å². The number of carbonyl (C=O) groups is 1. The van der Waals surface area contributed by atoms with Crippen molar-refractivity contribution in [1.82, 2.24) is 0 Å². The predicted octanol–water partition coefficient (Wildman–Crippen LogP) is 4.07. The third kappa shape index (κ3) is 3.68. The number of phenols is 1. The van der Waals surface area contributed by atoms with Crippen LogP contribution in [-0.2, 0) is 0 Å². The lowest BCUT2D eigenvalue weighted by atomic mass is 10.1. The highest BCUT2D eigenvalue weighted by Crippen LogP contribution is 2.34. The largest absolute Gasteiger partial charge is 0.504 e. The predicted molar refractivity (Wildman–Crippen MR) is 88.7 cm³/mol. The molecule has 0 heterocycles. The van der Waals surface area contributed by atoms with E-state index in [1.807, 2.05) is 0 Å². The van der Waals surface area contributed by atoms with Gasteiger partial charge in [-0.3, -0.25) is 4.79 Å². The van der Waals surface area contributed by atoms with E-state index in [0.717, 1.165) is 4.47 Å². The molecular formula is C17H15BrO4. The smallest absolute Gasteiger partial charge is 0.185 e. The summed E-state index contributed by atoms with van der Waals surface area (Å²) in [5.41, 5.74) is 1.000. The second kappa shape index (κ2) is 7.13. The normalized spacial score (nSPS) is 10.7. The molecule has 5 heteroatoms. The molecule has 0 saturated heterocycles. The minimum Gasteiger partial charge on any atom is -0.504 e. The van der Waals surface area contributed by atoms with Crippen LogP contribution in [0.1, 0.15) is 15.9 Å². The molecule has 0 amide bonds. The van der Waals surface area contributed by atoms with Crippen LogP contribution in [0.4, 0.5) is 0 Å². The van der Waals surface area contributed by atoms with E-state index in [0.29, 0.717) is 22.6 Å². The number of rotatable bonds is 5. The summed E-state index contributed by atoms with van der Waals surface area (Å²) in [7, 11) is 3.02. The third-order valence-corrected chi connectivity index (χ3v) is 3.52. The molecule has 4 nitrogen and oxygen atoms in total. The van der Waals surface area contributed by atoms with E-state index in [2.05, 4.69) is 15.9 Å². The summed E-state index contributed by atoms with van der Waals surface area (Å²) in [5, 5.41) is 10.1. The Morgan fingerprint density at radius 2 is 1.95 bits per heavy atom. The zero-order valence-electron chi connectivity index (χ0n) is 12.2. The van der Waals surface area contributed by atoms with E-state index >= 15 is 0 Å². The molecule has 22 heavy (non-hydrogen) atoms. The number of methoxy groups -OCH3 is 2. The van der Waals surface area contributed by atoms with Crippen LogP contribution in [0, 0.1) is 0 Å². The zero-order chi connectivity index (χ0) is 16.1. The maximum atomic E-state index is 12.2. The highest BCUT2D eigenvalue weighted by atomic mass is 79.9. The van der Waals surface area contributed by atoms with Gasteiger partial charge in [0, 0.05) is 15.6 Å². The second-order valence-corrected chi connectivity index (χ2v) is 5.39. The van der Waals surface area contributed by atoms with Crippen molar-refractivity contribution in [3.8, 4) is 17.2 Å². The van der Waals surface area contributed by atoms with Gasteiger partial charge < -0.3 is 14.6 Å². The number of carbonyl (C=O) groups excluding carboxylic acids is 1. The number of hydrogen-bond donors (Lipinski definition) is 1. The number of phenolic OH excluding ortho intramolecular Hbond substituents is 1. The molecule has 0 aliphatic heterocycles. The first-order chi connectivity index (χ1) is 10.5. The number of halogens is 1. The molecule has 0 atom stereocenters. The lowest BCUT2D eigenvalue weighted by Gasteiger charge is -2.07. The number of benzene rings is 2. The standard InChI is InChI=1S/C17H15BrO4/c1-21-14-5-3-4-11(9-14)15(19)7-6-12-8-13(18)10-16(22-2)17(12)20/h3-10,20H,1-2H3/b7-6+. The van der Waals surface area contributed by atoms with Crippen molar-refractivity contribution in [1.29, 1.82) is 0 Å². The maximum absolute atomic E-state index is 12.2. The Bertz CT molecular complexity index is 723. The summed E-state index contributed by atoms with van der Waals surface area (Å²) in [6.07, 6.45) is 2.94. The Kier molecular flexibility index (Phi) is 5.22. The fourth-order valence-electron chi connectivity index (χ4n) is 1.92. The molecule has 2 aromatic carbocycles. The molecule has 0 aliphatic carbocycles.